The van der Waals surface area contributed by atoms with Crippen molar-refractivity contribution < 1.29 is 28.0 Å². The molecule has 10 heteroatoms. The van der Waals surface area contributed by atoms with Crippen LogP contribution in [0.1, 0.15) is 10.4 Å². The molecule has 0 saturated heterocycles. The Morgan fingerprint density at radius 2 is 1.88 bits per heavy atom. The van der Waals surface area contributed by atoms with Crippen LogP contribution in [0.5, 0.6) is 5.75 Å². The second-order valence-electron chi connectivity index (χ2n) is 4.89. The van der Waals surface area contributed by atoms with E-state index < -0.39 is 26.6 Å². The predicted octanol–water partition coefficient (Wildman–Crippen LogP) is 2.13. The van der Waals surface area contributed by atoms with Crippen LogP contribution >= 0.6 is 0 Å². The van der Waals surface area contributed by atoms with E-state index in [9.17, 15) is 28.4 Å². The van der Waals surface area contributed by atoms with Crippen molar-refractivity contribution in [3.05, 3.63) is 58.1 Å². The van der Waals surface area contributed by atoms with Gasteiger partial charge in [-0.3, -0.25) is 14.4 Å². The molecule has 0 aliphatic rings. The molecule has 0 heterocycles. The molecule has 0 fully saturated rings. The Morgan fingerprint density at radius 3 is 2.44 bits per heavy atom. The van der Waals surface area contributed by atoms with E-state index in [1.165, 1.54) is 44.5 Å². The number of hydrogen-bond donors (Lipinski definition) is 1. The molecule has 2 rings (SSSR count). The maximum atomic E-state index is 12.8. The Balaban J connectivity index is 2.58. The highest BCUT2D eigenvalue weighted by atomic mass is 32.2. The third kappa shape index (κ3) is 3.38. The van der Waals surface area contributed by atoms with Crippen molar-refractivity contribution in [3.8, 4) is 5.75 Å². The van der Waals surface area contributed by atoms with Gasteiger partial charge < -0.3 is 9.84 Å². The number of methoxy groups -OCH3 is 1. The first-order valence-electron chi connectivity index (χ1n) is 6.84. The van der Waals surface area contributed by atoms with E-state index in [4.69, 9.17) is 4.74 Å². The lowest BCUT2D eigenvalue weighted by Gasteiger charge is -2.21. The Hall–Kier alpha value is -3.14. The fraction of sp³-hybridized carbons (Fsp3) is 0.133. The van der Waals surface area contributed by atoms with Crippen LogP contribution in [0, 0.1) is 10.1 Å². The van der Waals surface area contributed by atoms with Crippen molar-refractivity contribution in [3.63, 3.8) is 0 Å². The summed E-state index contributed by atoms with van der Waals surface area (Å²) in [6.45, 7) is 0. The van der Waals surface area contributed by atoms with Crippen molar-refractivity contribution >= 4 is 27.4 Å². The van der Waals surface area contributed by atoms with Gasteiger partial charge in [0.05, 0.1) is 28.2 Å². The van der Waals surface area contributed by atoms with Crippen LogP contribution in [-0.4, -0.2) is 38.6 Å². The highest BCUT2D eigenvalue weighted by Gasteiger charge is 2.28. The molecule has 0 atom stereocenters. The number of carboxylic acid groups (broad SMARTS) is 1. The lowest BCUT2D eigenvalue weighted by Crippen LogP contribution is -2.28. The molecule has 1 N–H and O–H groups in total. The molecule has 0 aromatic heterocycles. The highest BCUT2D eigenvalue weighted by molar-refractivity contribution is 7.92. The third-order valence-electron chi connectivity index (χ3n) is 3.48. The van der Waals surface area contributed by atoms with Gasteiger partial charge >= 0.3 is 11.7 Å². The summed E-state index contributed by atoms with van der Waals surface area (Å²) >= 11 is 0. The molecule has 132 valence electrons. The van der Waals surface area contributed by atoms with Crippen molar-refractivity contribution in [2.75, 3.05) is 18.5 Å². The summed E-state index contributed by atoms with van der Waals surface area (Å²) in [5.41, 5.74) is -0.784. The number of hydrogen-bond acceptors (Lipinski definition) is 6. The van der Waals surface area contributed by atoms with Crippen LogP contribution in [0.4, 0.5) is 11.4 Å². The van der Waals surface area contributed by atoms with Crippen molar-refractivity contribution in [2.24, 2.45) is 0 Å². The largest absolute Gasteiger partial charge is 0.490 e. The maximum absolute atomic E-state index is 12.8. The number of aromatic carboxylic acids is 1. The molecule has 0 bridgehead atoms. The Labute approximate surface area is 143 Å². The number of ether oxygens (including phenoxy) is 1. The van der Waals surface area contributed by atoms with E-state index >= 15 is 0 Å². The van der Waals surface area contributed by atoms with Crippen LogP contribution in [0.3, 0.4) is 0 Å². The van der Waals surface area contributed by atoms with Gasteiger partial charge in [0.25, 0.3) is 10.0 Å². The average molecular weight is 366 g/mol. The number of para-hydroxylation sites is 1. The average Bonchev–Trinajstić information content (AvgIpc) is 2.60. The molecule has 0 saturated carbocycles. The molecule has 2 aromatic carbocycles. The van der Waals surface area contributed by atoms with Gasteiger partial charge in [-0.05, 0) is 24.3 Å². The van der Waals surface area contributed by atoms with Gasteiger partial charge in [-0.15, -0.1) is 0 Å². The summed E-state index contributed by atoms with van der Waals surface area (Å²) in [4.78, 5) is 21.3. The van der Waals surface area contributed by atoms with Crippen molar-refractivity contribution in [1.29, 1.82) is 0 Å². The second-order valence-corrected chi connectivity index (χ2v) is 6.85. The van der Waals surface area contributed by atoms with Gasteiger partial charge in [0.1, 0.15) is 0 Å². The maximum Gasteiger partial charge on any atom is 0.337 e. The number of nitrogens with zero attached hydrogens (tertiary/aromatic N) is 2. The van der Waals surface area contributed by atoms with E-state index in [2.05, 4.69) is 0 Å². The highest BCUT2D eigenvalue weighted by Crippen LogP contribution is 2.32. The summed E-state index contributed by atoms with van der Waals surface area (Å²) in [5.74, 6) is -1.38. The molecule has 0 unspecified atom stereocenters. The van der Waals surface area contributed by atoms with Crippen LogP contribution in [0.15, 0.2) is 47.4 Å². The van der Waals surface area contributed by atoms with Crippen LogP contribution in [0.25, 0.3) is 0 Å². The smallest absolute Gasteiger partial charge is 0.337 e. The first-order chi connectivity index (χ1) is 11.7. The first-order valence-corrected chi connectivity index (χ1v) is 8.28. The predicted molar refractivity (Wildman–Crippen MR) is 88.6 cm³/mol. The lowest BCUT2D eigenvalue weighted by atomic mass is 10.2. The van der Waals surface area contributed by atoms with Gasteiger partial charge in [-0.1, -0.05) is 12.1 Å². The van der Waals surface area contributed by atoms with Gasteiger partial charge in [-0.2, -0.15) is 0 Å². The number of nitro benzene ring substituents is 1. The minimum absolute atomic E-state index is 0.0616. The molecule has 0 spiro atoms. The van der Waals surface area contributed by atoms with Gasteiger partial charge in [0.15, 0.2) is 5.75 Å². The van der Waals surface area contributed by atoms with E-state index in [1.54, 1.807) is 0 Å². The number of carbonyl (C=O) groups is 1. The summed E-state index contributed by atoms with van der Waals surface area (Å²) in [6, 6.07) is 8.74. The zero-order valence-electron chi connectivity index (χ0n) is 13.2. The summed E-state index contributed by atoms with van der Waals surface area (Å²) in [6.07, 6.45) is 0. The minimum Gasteiger partial charge on any atom is -0.490 e. The standard InChI is InChI=1S/C15H14N2O7S/c1-16(12-6-4-3-5-11(12)15(18)19)25(22,23)10-7-8-14(24-2)13(9-10)17(20)21/h3-9H,1-2H3,(H,18,19). The van der Waals surface area contributed by atoms with E-state index in [0.29, 0.717) is 0 Å². The van der Waals surface area contributed by atoms with E-state index in [-0.39, 0.29) is 21.9 Å². The number of rotatable bonds is 6. The molecule has 25 heavy (non-hydrogen) atoms. The van der Waals surface area contributed by atoms with Crippen LogP contribution in [-0.2, 0) is 10.0 Å². The third-order valence-corrected chi connectivity index (χ3v) is 5.25. The second kappa shape index (κ2) is 6.77. The van der Waals surface area contributed by atoms with Gasteiger partial charge in [0, 0.05) is 13.1 Å². The fourth-order valence-electron chi connectivity index (χ4n) is 2.19. The van der Waals surface area contributed by atoms with Crippen molar-refractivity contribution in [1.82, 2.24) is 0 Å². The lowest BCUT2D eigenvalue weighted by molar-refractivity contribution is -0.386. The number of anilines is 1. The molecular weight excluding hydrogens is 352 g/mol. The Bertz CT molecular complexity index is 941. The van der Waals surface area contributed by atoms with Crippen LogP contribution in [0.2, 0.25) is 0 Å². The number of carboxylic acids is 1. The number of sulfonamides is 1. The summed E-state index contributed by atoms with van der Waals surface area (Å²) < 4.78 is 31.1. The summed E-state index contributed by atoms with van der Waals surface area (Å²) in [5, 5.41) is 20.3. The molecule has 9 nitrogen and oxygen atoms in total. The quantitative estimate of drug-likeness (QED) is 0.613. The zero-order valence-corrected chi connectivity index (χ0v) is 14.1. The van der Waals surface area contributed by atoms with Gasteiger partial charge in [-0.25, -0.2) is 13.2 Å². The van der Waals surface area contributed by atoms with E-state index in [0.717, 1.165) is 16.4 Å². The topological polar surface area (TPSA) is 127 Å². The Morgan fingerprint density at radius 1 is 1.24 bits per heavy atom. The SMILES string of the molecule is COc1ccc(S(=O)(=O)N(C)c2ccccc2C(=O)O)cc1[N+](=O)[O-]. The van der Waals surface area contributed by atoms with Crippen LogP contribution < -0.4 is 9.04 Å². The normalized spacial score (nSPS) is 11.0. The molecule has 0 aliphatic heterocycles. The fourth-order valence-corrected chi connectivity index (χ4v) is 3.42. The van der Waals surface area contributed by atoms with E-state index in [1.807, 2.05) is 0 Å². The molecule has 0 amide bonds. The molecule has 0 aliphatic carbocycles. The zero-order chi connectivity index (χ0) is 18.8. The van der Waals surface area contributed by atoms with Gasteiger partial charge in [0.2, 0.25) is 0 Å². The molecule has 0 radical (unpaired) electrons. The molecular formula is C15H14N2O7S. The first kappa shape index (κ1) is 18.2. The minimum atomic E-state index is -4.22. The number of benzene rings is 2. The number of nitro groups is 1. The summed E-state index contributed by atoms with van der Waals surface area (Å²) in [7, 11) is -1.82. The Kier molecular flexibility index (Phi) is 4.93. The monoisotopic (exact) mass is 366 g/mol. The molecule has 2 aromatic rings. The van der Waals surface area contributed by atoms with Crippen molar-refractivity contribution in [2.45, 2.75) is 4.90 Å².